The summed E-state index contributed by atoms with van der Waals surface area (Å²) in [5.41, 5.74) is 5.84. The van der Waals surface area contributed by atoms with Crippen LogP contribution in [0.1, 0.15) is 23.6 Å². The van der Waals surface area contributed by atoms with Crippen molar-refractivity contribution in [3.8, 4) is 11.3 Å². The van der Waals surface area contributed by atoms with Gasteiger partial charge in [0.1, 0.15) is 0 Å². The third kappa shape index (κ3) is 2.50. The lowest BCUT2D eigenvalue weighted by Crippen LogP contribution is -2.03. The monoisotopic (exact) mass is 241 g/mol. The van der Waals surface area contributed by atoms with Crippen LogP contribution in [0.25, 0.3) is 11.3 Å². The molecule has 0 saturated carbocycles. The number of hydrogen-bond donors (Lipinski definition) is 1. The molecule has 0 amide bonds. The minimum absolute atomic E-state index is 0.691. The molecule has 0 atom stereocenters. The number of nitrogens with zero attached hydrogens (tertiary/aromatic N) is 2. The normalized spacial score (nSPS) is 10.4. The standard InChI is InChI=1S/C15H19N3/c1-5-16-15-17-9-12(4)14(18-15)13-7-6-10(2)11(3)8-13/h6-9H,5H2,1-4H3,(H,16,17,18). The van der Waals surface area contributed by atoms with E-state index in [1.807, 2.05) is 20.0 Å². The van der Waals surface area contributed by atoms with E-state index < -0.39 is 0 Å². The summed E-state index contributed by atoms with van der Waals surface area (Å²) >= 11 is 0. The second kappa shape index (κ2) is 5.17. The molecule has 0 unspecified atom stereocenters. The fourth-order valence-electron chi connectivity index (χ4n) is 1.87. The molecule has 1 aromatic heterocycles. The molecule has 0 bridgehead atoms. The van der Waals surface area contributed by atoms with Gasteiger partial charge in [-0.1, -0.05) is 12.1 Å². The lowest BCUT2D eigenvalue weighted by atomic mass is 10.0. The van der Waals surface area contributed by atoms with Gasteiger partial charge in [0.25, 0.3) is 0 Å². The molecule has 0 fully saturated rings. The molecule has 0 saturated heterocycles. The maximum absolute atomic E-state index is 4.58. The lowest BCUT2D eigenvalue weighted by molar-refractivity contribution is 1.07. The minimum Gasteiger partial charge on any atom is -0.354 e. The van der Waals surface area contributed by atoms with E-state index in [2.05, 4.69) is 47.3 Å². The van der Waals surface area contributed by atoms with Crippen LogP contribution in [-0.4, -0.2) is 16.5 Å². The van der Waals surface area contributed by atoms with E-state index in [-0.39, 0.29) is 0 Å². The predicted molar refractivity (Wildman–Crippen MR) is 75.8 cm³/mol. The van der Waals surface area contributed by atoms with Gasteiger partial charge in [-0.15, -0.1) is 0 Å². The highest BCUT2D eigenvalue weighted by molar-refractivity contribution is 5.65. The molecule has 3 nitrogen and oxygen atoms in total. The average Bonchev–Trinajstić information content (AvgIpc) is 2.35. The highest BCUT2D eigenvalue weighted by Crippen LogP contribution is 2.23. The summed E-state index contributed by atoms with van der Waals surface area (Å²) in [5.74, 6) is 0.691. The maximum atomic E-state index is 4.58. The summed E-state index contributed by atoms with van der Waals surface area (Å²) in [6.45, 7) is 9.16. The van der Waals surface area contributed by atoms with Gasteiger partial charge in [0, 0.05) is 18.3 Å². The summed E-state index contributed by atoms with van der Waals surface area (Å²) in [6.07, 6.45) is 1.87. The van der Waals surface area contributed by atoms with Crippen LogP contribution >= 0.6 is 0 Å². The van der Waals surface area contributed by atoms with E-state index in [0.717, 1.165) is 23.4 Å². The highest BCUT2D eigenvalue weighted by Gasteiger charge is 2.07. The van der Waals surface area contributed by atoms with E-state index >= 15 is 0 Å². The van der Waals surface area contributed by atoms with Crippen molar-refractivity contribution >= 4 is 5.95 Å². The largest absolute Gasteiger partial charge is 0.354 e. The van der Waals surface area contributed by atoms with Gasteiger partial charge in [0.15, 0.2) is 0 Å². The minimum atomic E-state index is 0.691. The number of nitrogens with one attached hydrogen (secondary N) is 1. The van der Waals surface area contributed by atoms with E-state index in [1.54, 1.807) is 0 Å². The van der Waals surface area contributed by atoms with Crippen molar-refractivity contribution in [2.45, 2.75) is 27.7 Å². The Hall–Kier alpha value is -1.90. The first kappa shape index (κ1) is 12.6. The van der Waals surface area contributed by atoms with E-state index in [1.165, 1.54) is 11.1 Å². The maximum Gasteiger partial charge on any atom is 0.223 e. The summed E-state index contributed by atoms with van der Waals surface area (Å²) < 4.78 is 0. The SMILES string of the molecule is CCNc1ncc(C)c(-c2ccc(C)c(C)c2)n1. The summed E-state index contributed by atoms with van der Waals surface area (Å²) in [5, 5.41) is 3.15. The summed E-state index contributed by atoms with van der Waals surface area (Å²) in [4.78, 5) is 8.85. The number of aryl methyl sites for hydroxylation is 3. The molecule has 94 valence electrons. The number of aromatic nitrogens is 2. The summed E-state index contributed by atoms with van der Waals surface area (Å²) in [6, 6.07) is 6.44. The zero-order valence-corrected chi connectivity index (χ0v) is 11.4. The molecule has 2 aromatic rings. The highest BCUT2D eigenvalue weighted by atomic mass is 15.1. The molecule has 1 heterocycles. The smallest absolute Gasteiger partial charge is 0.223 e. The van der Waals surface area contributed by atoms with Gasteiger partial charge in [0.2, 0.25) is 5.95 Å². The molecule has 0 aliphatic heterocycles. The first-order valence-electron chi connectivity index (χ1n) is 6.27. The Morgan fingerprint density at radius 2 is 1.83 bits per heavy atom. The third-order valence-electron chi connectivity index (χ3n) is 3.09. The molecule has 0 aliphatic carbocycles. The van der Waals surface area contributed by atoms with Crippen molar-refractivity contribution in [2.75, 3.05) is 11.9 Å². The van der Waals surface area contributed by atoms with Gasteiger partial charge in [0.05, 0.1) is 5.69 Å². The second-order valence-corrected chi connectivity index (χ2v) is 4.55. The van der Waals surface area contributed by atoms with Crippen molar-refractivity contribution in [3.63, 3.8) is 0 Å². The van der Waals surface area contributed by atoms with Crippen molar-refractivity contribution in [3.05, 3.63) is 41.1 Å². The second-order valence-electron chi connectivity index (χ2n) is 4.55. The van der Waals surface area contributed by atoms with Gasteiger partial charge >= 0.3 is 0 Å². The van der Waals surface area contributed by atoms with Gasteiger partial charge < -0.3 is 5.32 Å². The predicted octanol–water partition coefficient (Wildman–Crippen LogP) is 3.50. The van der Waals surface area contributed by atoms with Crippen LogP contribution in [0, 0.1) is 20.8 Å². The quantitative estimate of drug-likeness (QED) is 0.893. The molecule has 0 radical (unpaired) electrons. The molecule has 1 aromatic carbocycles. The van der Waals surface area contributed by atoms with E-state index in [9.17, 15) is 0 Å². The molecular weight excluding hydrogens is 222 g/mol. The van der Waals surface area contributed by atoms with Crippen LogP contribution < -0.4 is 5.32 Å². The number of benzene rings is 1. The number of anilines is 1. The van der Waals surface area contributed by atoms with Gasteiger partial charge in [-0.25, -0.2) is 9.97 Å². The molecular formula is C15H19N3. The fourth-order valence-corrected chi connectivity index (χ4v) is 1.87. The van der Waals surface area contributed by atoms with Crippen LogP contribution in [0.15, 0.2) is 24.4 Å². The molecule has 3 heteroatoms. The van der Waals surface area contributed by atoms with Crippen molar-refractivity contribution in [2.24, 2.45) is 0 Å². The number of rotatable bonds is 3. The lowest BCUT2D eigenvalue weighted by Gasteiger charge is -2.09. The van der Waals surface area contributed by atoms with Gasteiger partial charge in [-0.3, -0.25) is 0 Å². The molecule has 0 aliphatic rings. The average molecular weight is 241 g/mol. The number of hydrogen-bond acceptors (Lipinski definition) is 3. The van der Waals surface area contributed by atoms with Crippen LogP contribution in [-0.2, 0) is 0 Å². The zero-order valence-electron chi connectivity index (χ0n) is 11.4. The fraction of sp³-hybridized carbons (Fsp3) is 0.333. The Balaban J connectivity index is 2.48. The Bertz CT molecular complexity index is 562. The Morgan fingerprint density at radius 3 is 2.50 bits per heavy atom. The zero-order chi connectivity index (χ0) is 13.1. The van der Waals surface area contributed by atoms with E-state index in [0.29, 0.717) is 5.95 Å². The van der Waals surface area contributed by atoms with Crippen molar-refractivity contribution in [1.82, 2.24) is 9.97 Å². The van der Waals surface area contributed by atoms with Crippen molar-refractivity contribution in [1.29, 1.82) is 0 Å². The Morgan fingerprint density at radius 1 is 1.06 bits per heavy atom. The van der Waals surface area contributed by atoms with Crippen LogP contribution in [0.4, 0.5) is 5.95 Å². The topological polar surface area (TPSA) is 37.8 Å². The Labute approximate surface area is 108 Å². The molecule has 18 heavy (non-hydrogen) atoms. The third-order valence-corrected chi connectivity index (χ3v) is 3.09. The van der Waals surface area contributed by atoms with Crippen LogP contribution in [0.5, 0.6) is 0 Å². The van der Waals surface area contributed by atoms with Crippen LogP contribution in [0.2, 0.25) is 0 Å². The first-order valence-corrected chi connectivity index (χ1v) is 6.27. The Kier molecular flexibility index (Phi) is 3.60. The van der Waals surface area contributed by atoms with E-state index in [4.69, 9.17) is 0 Å². The summed E-state index contributed by atoms with van der Waals surface area (Å²) in [7, 11) is 0. The van der Waals surface area contributed by atoms with Crippen molar-refractivity contribution < 1.29 is 0 Å². The molecule has 1 N–H and O–H groups in total. The first-order chi connectivity index (χ1) is 8.61. The van der Waals surface area contributed by atoms with Crippen LogP contribution in [0.3, 0.4) is 0 Å². The van der Waals surface area contributed by atoms with Gasteiger partial charge in [-0.05, 0) is 50.5 Å². The molecule has 0 spiro atoms. The molecule has 2 rings (SSSR count). The van der Waals surface area contributed by atoms with Gasteiger partial charge in [-0.2, -0.15) is 0 Å².